The van der Waals surface area contributed by atoms with E-state index < -0.39 is 23.7 Å². The Bertz CT molecular complexity index is 1030. The topological polar surface area (TPSA) is 79.3 Å². The van der Waals surface area contributed by atoms with Gasteiger partial charge in [-0.05, 0) is 29.8 Å². The molecule has 3 aromatic rings. The molecule has 0 radical (unpaired) electrons. The van der Waals surface area contributed by atoms with Gasteiger partial charge in [-0.1, -0.05) is 12.1 Å². The highest BCUT2D eigenvalue weighted by molar-refractivity contribution is 5.66. The van der Waals surface area contributed by atoms with Gasteiger partial charge in [-0.15, -0.1) is 13.2 Å². The molecular weight excluding hydrogens is 423 g/mol. The minimum absolute atomic E-state index is 0.0296. The summed E-state index contributed by atoms with van der Waals surface area (Å²) in [6, 6.07) is 9.75. The highest BCUT2D eigenvalue weighted by Gasteiger charge is 2.31. The quantitative estimate of drug-likeness (QED) is 0.453. The molecule has 0 atom stereocenters. The fourth-order valence-corrected chi connectivity index (χ4v) is 2.69. The highest BCUT2D eigenvalue weighted by atomic mass is 19.4. The molecule has 0 aliphatic carbocycles. The van der Waals surface area contributed by atoms with Crippen LogP contribution in [0, 0.1) is 11.6 Å². The molecule has 0 saturated heterocycles. The number of nitrogens with zero attached hydrogens (tertiary/aromatic N) is 2. The number of ether oxygens (including phenoxy) is 1. The van der Waals surface area contributed by atoms with E-state index in [2.05, 4.69) is 25.3 Å². The van der Waals surface area contributed by atoms with Crippen LogP contribution in [-0.4, -0.2) is 34.6 Å². The van der Waals surface area contributed by atoms with Crippen LogP contribution in [0.2, 0.25) is 0 Å². The summed E-state index contributed by atoms with van der Waals surface area (Å²) in [6.07, 6.45) is -4.84. The number of aliphatic hydroxyl groups excluding tert-OH is 1. The maximum atomic E-state index is 13.4. The van der Waals surface area contributed by atoms with Gasteiger partial charge in [0, 0.05) is 30.8 Å². The molecule has 0 bridgehead atoms. The summed E-state index contributed by atoms with van der Waals surface area (Å²) in [5, 5.41) is 14.7. The van der Waals surface area contributed by atoms with Crippen molar-refractivity contribution in [3.63, 3.8) is 0 Å². The maximum absolute atomic E-state index is 13.4. The van der Waals surface area contributed by atoms with Gasteiger partial charge in [0.05, 0.1) is 12.3 Å². The van der Waals surface area contributed by atoms with E-state index in [-0.39, 0.29) is 37.2 Å². The van der Waals surface area contributed by atoms with Crippen LogP contribution in [0.1, 0.15) is 5.56 Å². The van der Waals surface area contributed by atoms with Gasteiger partial charge in [0.1, 0.15) is 23.2 Å². The third kappa shape index (κ3) is 6.78. The largest absolute Gasteiger partial charge is 0.573 e. The first-order valence-corrected chi connectivity index (χ1v) is 9.01. The van der Waals surface area contributed by atoms with Crippen molar-refractivity contribution in [2.24, 2.45) is 0 Å². The number of anilines is 2. The number of halogens is 5. The monoisotopic (exact) mass is 440 g/mol. The second kappa shape index (κ2) is 9.56. The molecule has 2 aromatic carbocycles. The molecule has 6 nitrogen and oxygen atoms in total. The van der Waals surface area contributed by atoms with Gasteiger partial charge in [0.2, 0.25) is 5.95 Å². The summed E-state index contributed by atoms with van der Waals surface area (Å²) in [6.45, 7) is -0.0369. The molecule has 3 rings (SSSR count). The summed E-state index contributed by atoms with van der Waals surface area (Å²) in [5.74, 6) is -1.53. The van der Waals surface area contributed by atoms with Crippen LogP contribution in [0.25, 0.3) is 11.3 Å². The molecule has 1 aromatic heterocycles. The minimum Gasteiger partial charge on any atom is -0.406 e. The van der Waals surface area contributed by atoms with E-state index in [4.69, 9.17) is 5.11 Å². The number of alkyl halides is 3. The molecule has 3 N–H and O–H groups in total. The van der Waals surface area contributed by atoms with Crippen LogP contribution in [0.4, 0.5) is 33.7 Å². The average Bonchev–Trinajstić information content (AvgIpc) is 2.69. The van der Waals surface area contributed by atoms with Crippen LogP contribution in [0.5, 0.6) is 5.75 Å². The van der Waals surface area contributed by atoms with Crippen LogP contribution in [-0.2, 0) is 6.54 Å². The fraction of sp³-hybridized carbons (Fsp3) is 0.200. The van der Waals surface area contributed by atoms with Gasteiger partial charge < -0.3 is 20.5 Å². The number of hydrogen-bond acceptors (Lipinski definition) is 6. The number of aliphatic hydroxyl groups is 1. The third-order valence-electron chi connectivity index (χ3n) is 3.88. The van der Waals surface area contributed by atoms with Gasteiger partial charge in [-0.25, -0.2) is 13.8 Å². The molecule has 0 amide bonds. The molecule has 0 aliphatic rings. The Morgan fingerprint density at radius 1 is 0.935 bits per heavy atom. The van der Waals surface area contributed by atoms with Crippen LogP contribution in [0.15, 0.2) is 48.5 Å². The van der Waals surface area contributed by atoms with E-state index >= 15 is 0 Å². The fourth-order valence-electron chi connectivity index (χ4n) is 2.69. The van der Waals surface area contributed by atoms with E-state index in [9.17, 15) is 22.0 Å². The lowest BCUT2D eigenvalue weighted by Crippen LogP contribution is -2.17. The second-order valence-corrected chi connectivity index (χ2v) is 6.32. The van der Waals surface area contributed by atoms with E-state index in [1.807, 2.05) is 0 Å². The van der Waals surface area contributed by atoms with Crippen molar-refractivity contribution in [2.75, 3.05) is 23.8 Å². The van der Waals surface area contributed by atoms with E-state index in [1.165, 1.54) is 18.2 Å². The number of benzene rings is 2. The van der Waals surface area contributed by atoms with Crippen molar-refractivity contribution < 1.29 is 31.8 Å². The Kier molecular flexibility index (Phi) is 6.85. The molecule has 31 heavy (non-hydrogen) atoms. The Morgan fingerprint density at radius 2 is 1.68 bits per heavy atom. The molecule has 1 heterocycles. The standard InChI is InChI=1S/C20H17F5N4O2/c21-14-6-12(7-15(22)9-14)11-27-18-10-17(28-19(29-18)26-4-5-30)13-2-1-3-16(8-13)31-20(23,24)25/h1-3,6-10,30H,4-5,11H2,(H2,26,27,28,29). The zero-order valence-corrected chi connectivity index (χ0v) is 15.9. The molecule has 0 aliphatic heterocycles. The summed E-state index contributed by atoms with van der Waals surface area (Å²) >= 11 is 0. The maximum Gasteiger partial charge on any atom is 0.573 e. The Balaban J connectivity index is 1.89. The van der Waals surface area contributed by atoms with E-state index in [1.54, 1.807) is 0 Å². The number of nitrogens with one attached hydrogen (secondary N) is 2. The van der Waals surface area contributed by atoms with Gasteiger partial charge >= 0.3 is 6.36 Å². The summed E-state index contributed by atoms with van der Waals surface area (Å²) in [7, 11) is 0. The van der Waals surface area contributed by atoms with Crippen molar-refractivity contribution in [1.82, 2.24) is 9.97 Å². The first-order chi connectivity index (χ1) is 14.7. The Labute approximate surface area is 173 Å². The first-order valence-electron chi connectivity index (χ1n) is 9.01. The summed E-state index contributed by atoms with van der Waals surface area (Å²) < 4.78 is 68.2. The smallest absolute Gasteiger partial charge is 0.406 e. The first kappa shape index (κ1) is 22.2. The second-order valence-electron chi connectivity index (χ2n) is 6.32. The molecule has 164 valence electrons. The summed E-state index contributed by atoms with van der Waals surface area (Å²) in [5.41, 5.74) is 0.898. The van der Waals surface area contributed by atoms with Crippen molar-refractivity contribution in [2.45, 2.75) is 12.9 Å². The van der Waals surface area contributed by atoms with Gasteiger partial charge in [0.15, 0.2) is 0 Å². The SMILES string of the molecule is OCCNc1nc(NCc2cc(F)cc(F)c2)cc(-c2cccc(OC(F)(F)F)c2)n1. The Morgan fingerprint density at radius 3 is 2.35 bits per heavy atom. The molecule has 11 heteroatoms. The molecule has 0 fully saturated rings. The molecule has 0 spiro atoms. The van der Waals surface area contributed by atoms with E-state index in [0.29, 0.717) is 11.1 Å². The zero-order chi connectivity index (χ0) is 22.4. The lowest BCUT2D eigenvalue weighted by molar-refractivity contribution is -0.274. The van der Waals surface area contributed by atoms with Crippen molar-refractivity contribution in [3.05, 3.63) is 65.7 Å². The molecular formula is C20H17F5N4O2. The molecule has 0 unspecified atom stereocenters. The summed E-state index contributed by atoms with van der Waals surface area (Å²) in [4.78, 5) is 8.43. The van der Waals surface area contributed by atoms with Crippen LogP contribution < -0.4 is 15.4 Å². The molecule has 0 saturated carbocycles. The van der Waals surface area contributed by atoms with E-state index in [0.717, 1.165) is 30.3 Å². The normalized spacial score (nSPS) is 11.3. The van der Waals surface area contributed by atoms with Crippen molar-refractivity contribution in [1.29, 1.82) is 0 Å². The Hall–Kier alpha value is -3.47. The highest BCUT2D eigenvalue weighted by Crippen LogP contribution is 2.28. The number of aromatic nitrogens is 2. The van der Waals surface area contributed by atoms with Crippen LogP contribution in [0.3, 0.4) is 0 Å². The lowest BCUT2D eigenvalue weighted by atomic mass is 10.1. The third-order valence-corrected chi connectivity index (χ3v) is 3.88. The van der Waals surface area contributed by atoms with Gasteiger partial charge in [0.25, 0.3) is 0 Å². The lowest BCUT2D eigenvalue weighted by Gasteiger charge is -2.13. The van der Waals surface area contributed by atoms with Crippen LogP contribution >= 0.6 is 0 Å². The van der Waals surface area contributed by atoms with Crippen molar-refractivity contribution >= 4 is 11.8 Å². The van der Waals surface area contributed by atoms with Crippen molar-refractivity contribution in [3.8, 4) is 17.0 Å². The zero-order valence-electron chi connectivity index (χ0n) is 15.9. The predicted molar refractivity (Wildman–Crippen MR) is 103 cm³/mol. The number of hydrogen-bond donors (Lipinski definition) is 3. The van der Waals surface area contributed by atoms with Gasteiger partial charge in [-0.3, -0.25) is 0 Å². The minimum atomic E-state index is -4.84. The number of rotatable bonds is 8. The average molecular weight is 440 g/mol. The predicted octanol–water partition coefficient (Wildman–Crippen LogP) is 4.34. The van der Waals surface area contributed by atoms with Gasteiger partial charge in [-0.2, -0.15) is 4.98 Å².